The summed E-state index contributed by atoms with van der Waals surface area (Å²) in [6.07, 6.45) is 10.9. The molecule has 5 aliphatic carbocycles. The number of aliphatic carboxylic acids is 1. The summed E-state index contributed by atoms with van der Waals surface area (Å²) < 4.78 is 0. The molecule has 1 N–H and O–H groups in total. The quantitative estimate of drug-likeness (QED) is 0.432. The molecule has 0 amide bonds. The molecule has 0 radical (unpaired) electrons. The molecule has 0 aromatic carbocycles. The Hall–Kier alpha value is -1.12. The van der Waals surface area contributed by atoms with Crippen molar-refractivity contribution in [3.63, 3.8) is 0 Å². The summed E-state index contributed by atoms with van der Waals surface area (Å²) in [6.45, 7) is 18.7. The SMILES string of the molecule is CC1CC[C@@]2(C)C(CC[C@]3(C)C2C(=O)C=C2C4[C@@H](C)[C@H](C)CC[C@]4(C)CC[C@]23C)[C@@]1(C)C(=O)O. The molecular formula is C31H48O3. The van der Waals surface area contributed by atoms with Crippen LogP contribution in [0.5, 0.6) is 0 Å². The normalized spacial score (nSPS) is 56.9. The number of fused-ring (bicyclic) bond motifs is 7. The first-order valence-electron chi connectivity index (χ1n) is 14.2. The Morgan fingerprint density at radius 1 is 0.912 bits per heavy atom. The summed E-state index contributed by atoms with van der Waals surface area (Å²) in [5.41, 5.74) is 0.707. The van der Waals surface area contributed by atoms with Crippen LogP contribution >= 0.6 is 0 Å². The summed E-state index contributed by atoms with van der Waals surface area (Å²) in [4.78, 5) is 27.0. The van der Waals surface area contributed by atoms with Crippen LogP contribution in [-0.4, -0.2) is 16.9 Å². The lowest BCUT2D eigenvalue weighted by Gasteiger charge is -2.70. The van der Waals surface area contributed by atoms with E-state index in [0.29, 0.717) is 29.0 Å². The fourth-order valence-electron chi connectivity index (χ4n) is 10.9. The van der Waals surface area contributed by atoms with Gasteiger partial charge in [-0.1, -0.05) is 54.0 Å². The highest BCUT2D eigenvalue weighted by molar-refractivity contribution is 5.96. The maximum atomic E-state index is 14.3. The van der Waals surface area contributed by atoms with E-state index in [1.807, 2.05) is 6.92 Å². The second-order valence-corrected chi connectivity index (χ2v) is 14.8. The van der Waals surface area contributed by atoms with E-state index < -0.39 is 11.4 Å². The van der Waals surface area contributed by atoms with E-state index >= 15 is 0 Å². The zero-order valence-corrected chi connectivity index (χ0v) is 23.0. The highest BCUT2D eigenvalue weighted by Crippen LogP contribution is 2.75. The summed E-state index contributed by atoms with van der Waals surface area (Å²) in [7, 11) is 0. The maximum absolute atomic E-state index is 14.3. The van der Waals surface area contributed by atoms with Crippen LogP contribution < -0.4 is 0 Å². The minimum absolute atomic E-state index is 0.0255. The molecule has 0 heterocycles. The molecule has 11 atom stereocenters. The molecule has 0 spiro atoms. The second-order valence-electron chi connectivity index (χ2n) is 14.8. The van der Waals surface area contributed by atoms with E-state index in [1.165, 1.54) is 31.3 Å². The van der Waals surface area contributed by atoms with Crippen molar-refractivity contribution in [2.75, 3.05) is 0 Å². The molecule has 5 rings (SSSR count). The molecule has 4 saturated carbocycles. The summed E-state index contributed by atoms with van der Waals surface area (Å²) in [5.74, 6) is 1.60. The zero-order valence-electron chi connectivity index (χ0n) is 23.0. The summed E-state index contributed by atoms with van der Waals surface area (Å²) >= 11 is 0. The standard InChI is InChI=1S/C31H48O3/c1-18-9-12-27(4)15-16-29(6)21(24(27)20(18)3)17-22(32)25-28(5)13-10-19(2)31(8,26(33)34)23(28)11-14-30(25,29)7/h17-20,23-25H,9-16H2,1-8H3,(H,33,34)/t18-,19?,20+,23?,24?,25?,27-,28+,29-,30-,31+/m1/s1. The molecule has 4 fully saturated rings. The van der Waals surface area contributed by atoms with Crippen molar-refractivity contribution in [3.8, 4) is 0 Å². The molecule has 3 nitrogen and oxygen atoms in total. The first-order chi connectivity index (χ1) is 15.7. The van der Waals surface area contributed by atoms with Crippen molar-refractivity contribution in [2.45, 2.75) is 107 Å². The molecular weight excluding hydrogens is 420 g/mol. The van der Waals surface area contributed by atoms with Gasteiger partial charge in [-0.3, -0.25) is 9.59 Å². The van der Waals surface area contributed by atoms with Crippen molar-refractivity contribution in [1.29, 1.82) is 0 Å². The van der Waals surface area contributed by atoms with Crippen molar-refractivity contribution >= 4 is 11.8 Å². The lowest BCUT2D eigenvalue weighted by Crippen LogP contribution is -2.67. The molecule has 3 heteroatoms. The first-order valence-corrected chi connectivity index (χ1v) is 14.2. The number of carbonyl (C=O) groups is 2. The van der Waals surface area contributed by atoms with E-state index in [-0.39, 0.29) is 34.0 Å². The fourth-order valence-corrected chi connectivity index (χ4v) is 10.9. The topological polar surface area (TPSA) is 54.4 Å². The predicted octanol–water partition coefficient (Wildman–Crippen LogP) is 7.54. The van der Waals surface area contributed by atoms with Gasteiger partial charge in [0.15, 0.2) is 5.78 Å². The zero-order chi connectivity index (χ0) is 25.1. The molecule has 0 saturated heterocycles. The predicted molar refractivity (Wildman–Crippen MR) is 136 cm³/mol. The van der Waals surface area contributed by atoms with Crippen LogP contribution in [0.4, 0.5) is 0 Å². The number of carboxylic acids is 1. The third-order valence-electron chi connectivity index (χ3n) is 13.7. The van der Waals surface area contributed by atoms with E-state index in [9.17, 15) is 14.7 Å². The van der Waals surface area contributed by atoms with E-state index in [2.05, 4.69) is 54.5 Å². The van der Waals surface area contributed by atoms with Gasteiger partial charge in [0.05, 0.1) is 5.41 Å². The van der Waals surface area contributed by atoms with Crippen LogP contribution in [0.1, 0.15) is 107 Å². The molecule has 0 aromatic rings. The first kappa shape index (κ1) is 24.6. The van der Waals surface area contributed by atoms with Gasteiger partial charge < -0.3 is 5.11 Å². The lowest BCUT2D eigenvalue weighted by molar-refractivity contribution is -0.205. The number of hydrogen-bond acceptors (Lipinski definition) is 2. The van der Waals surface area contributed by atoms with Gasteiger partial charge >= 0.3 is 5.97 Å². The number of ketones is 1. The average Bonchev–Trinajstić information content (AvgIpc) is 2.75. The van der Waals surface area contributed by atoms with Gasteiger partial charge in [0.25, 0.3) is 0 Å². The Balaban J connectivity index is 1.65. The van der Waals surface area contributed by atoms with Crippen LogP contribution in [0.15, 0.2) is 11.6 Å². The van der Waals surface area contributed by atoms with Gasteiger partial charge in [0, 0.05) is 5.92 Å². The molecule has 0 aliphatic heterocycles. The Kier molecular flexibility index (Phi) is 5.22. The Morgan fingerprint density at radius 2 is 1.59 bits per heavy atom. The van der Waals surface area contributed by atoms with E-state index in [4.69, 9.17) is 0 Å². The van der Waals surface area contributed by atoms with Gasteiger partial charge in [-0.2, -0.15) is 0 Å². The van der Waals surface area contributed by atoms with Crippen LogP contribution in [0, 0.1) is 62.6 Å². The number of carboxylic acid groups (broad SMARTS) is 1. The maximum Gasteiger partial charge on any atom is 0.309 e. The van der Waals surface area contributed by atoms with Gasteiger partial charge in [-0.05, 0) is 116 Å². The Morgan fingerprint density at radius 3 is 2.24 bits per heavy atom. The highest BCUT2D eigenvalue weighted by Gasteiger charge is 2.71. The minimum atomic E-state index is -0.752. The molecule has 0 bridgehead atoms. The van der Waals surface area contributed by atoms with Crippen molar-refractivity contribution < 1.29 is 14.7 Å². The third-order valence-corrected chi connectivity index (χ3v) is 13.7. The van der Waals surface area contributed by atoms with E-state index in [0.717, 1.165) is 25.7 Å². The molecule has 5 aliphatic rings. The van der Waals surface area contributed by atoms with Gasteiger partial charge in [-0.25, -0.2) is 0 Å². The number of allylic oxidation sites excluding steroid dienone is 2. The van der Waals surface area contributed by atoms with Crippen LogP contribution in [-0.2, 0) is 9.59 Å². The lowest BCUT2D eigenvalue weighted by atomic mass is 9.33. The number of rotatable bonds is 1. The Bertz CT molecular complexity index is 950. The Labute approximate surface area is 207 Å². The van der Waals surface area contributed by atoms with Gasteiger partial charge in [-0.15, -0.1) is 0 Å². The van der Waals surface area contributed by atoms with Gasteiger partial charge in [0.2, 0.25) is 0 Å². The summed E-state index contributed by atoms with van der Waals surface area (Å²) in [5, 5.41) is 10.4. The summed E-state index contributed by atoms with van der Waals surface area (Å²) in [6, 6.07) is 0. The second kappa shape index (κ2) is 7.22. The molecule has 190 valence electrons. The van der Waals surface area contributed by atoms with Crippen LogP contribution in [0.2, 0.25) is 0 Å². The van der Waals surface area contributed by atoms with Crippen molar-refractivity contribution in [1.82, 2.24) is 0 Å². The smallest absolute Gasteiger partial charge is 0.309 e. The largest absolute Gasteiger partial charge is 0.481 e. The third kappa shape index (κ3) is 2.71. The van der Waals surface area contributed by atoms with Crippen molar-refractivity contribution in [3.05, 3.63) is 11.6 Å². The van der Waals surface area contributed by atoms with Crippen LogP contribution in [0.25, 0.3) is 0 Å². The van der Waals surface area contributed by atoms with Crippen molar-refractivity contribution in [2.24, 2.45) is 62.6 Å². The highest BCUT2D eigenvalue weighted by atomic mass is 16.4. The van der Waals surface area contributed by atoms with Crippen LogP contribution in [0.3, 0.4) is 0 Å². The fraction of sp³-hybridized carbons (Fsp3) is 0.871. The molecule has 34 heavy (non-hydrogen) atoms. The van der Waals surface area contributed by atoms with E-state index in [1.54, 1.807) is 0 Å². The molecule has 4 unspecified atom stereocenters. The minimum Gasteiger partial charge on any atom is -0.481 e. The van der Waals surface area contributed by atoms with Gasteiger partial charge in [0.1, 0.15) is 0 Å². The average molecular weight is 469 g/mol. The molecule has 0 aromatic heterocycles. The monoisotopic (exact) mass is 468 g/mol. The number of carbonyl (C=O) groups excluding carboxylic acids is 1. The number of hydrogen-bond donors (Lipinski definition) is 1.